The van der Waals surface area contributed by atoms with Crippen LogP contribution in [0.1, 0.15) is 31.7 Å². The second-order valence-corrected chi connectivity index (χ2v) is 7.16. The Hall–Kier alpha value is -2.02. The molecule has 0 spiro atoms. The van der Waals surface area contributed by atoms with E-state index in [4.69, 9.17) is 4.74 Å². The molecule has 7 heteroatoms. The van der Waals surface area contributed by atoms with Crippen LogP contribution in [-0.4, -0.2) is 48.2 Å². The van der Waals surface area contributed by atoms with Crippen LogP contribution in [0.2, 0.25) is 0 Å². The fraction of sp³-hybridized carbons (Fsp3) is 0.556. The standard InChI is InChI=1S/C18H21F2NO4/c1-17(16(23)24)4-7-21(11-17)15(22)18(5-8-25-9-6-18)13-3-2-12(19)10-14(13)20/h2-3,10H,4-9,11H2,1H3,(H,23,24)/t17-/m1/s1. The number of carboxylic acid groups (broad SMARTS) is 1. The van der Waals surface area contributed by atoms with E-state index in [1.807, 2.05) is 0 Å². The molecular formula is C18H21F2NO4. The summed E-state index contributed by atoms with van der Waals surface area (Å²) in [7, 11) is 0. The van der Waals surface area contributed by atoms with Crippen LogP contribution in [0.5, 0.6) is 0 Å². The number of nitrogens with zero attached hydrogens (tertiary/aromatic N) is 1. The number of carbonyl (C=O) groups is 2. The SMILES string of the molecule is C[C@@]1(C(=O)O)CCN(C(=O)C2(c3ccc(F)cc3F)CCOCC2)C1. The van der Waals surface area contributed by atoms with Crippen LogP contribution < -0.4 is 0 Å². The third-order valence-electron chi connectivity index (χ3n) is 5.48. The summed E-state index contributed by atoms with van der Waals surface area (Å²) in [6, 6.07) is 3.25. The van der Waals surface area contributed by atoms with E-state index in [1.165, 1.54) is 11.0 Å². The van der Waals surface area contributed by atoms with Gasteiger partial charge in [0.2, 0.25) is 5.91 Å². The van der Waals surface area contributed by atoms with Gasteiger partial charge < -0.3 is 14.7 Å². The lowest BCUT2D eigenvalue weighted by Gasteiger charge is -2.39. The van der Waals surface area contributed by atoms with E-state index in [2.05, 4.69) is 0 Å². The van der Waals surface area contributed by atoms with E-state index < -0.39 is 28.4 Å². The van der Waals surface area contributed by atoms with Crippen molar-refractivity contribution in [1.82, 2.24) is 4.90 Å². The van der Waals surface area contributed by atoms with Crippen LogP contribution in [0.3, 0.4) is 0 Å². The van der Waals surface area contributed by atoms with Gasteiger partial charge in [-0.25, -0.2) is 8.78 Å². The highest BCUT2D eigenvalue weighted by Gasteiger charge is 2.50. The molecule has 3 rings (SSSR count). The van der Waals surface area contributed by atoms with Crippen LogP contribution in [0, 0.1) is 17.0 Å². The highest BCUT2D eigenvalue weighted by atomic mass is 19.1. The molecule has 1 amide bonds. The third kappa shape index (κ3) is 3.01. The van der Waals surface area contributed by atoms with Crippen molar-refractivity contribution in [2.24, 2.45) is 5.41 Å². The molecule has 0 saturated carbocycles. The fourth-order valence-electron chi connectivity index (χ4n) is 3.81. The Bertz CT molecular complexity index is 702. The lowest BCUT2D eigenvalue weighted by Crippen LogP contribution is -2.50. The molecule has 136 valence electrons. The van der Waals surface area contributed by atoms with Gasteiger partial charge in [-0.15, -0.1) is 0 Å². The first kappa shape index (κ1) is 17.8. The van der Waals surface area contributed by atoms with Crippen LogP contribution in [0.15, 0.2) is 18.2 Å². The summed E-state index contributed by atoms with van der Waals surface area (Å²) >= 11 is 0. The minimum atomic E-state index is -1.14. The number of halogens is 2. The Balaban J connectivity index is 1.96. The van der Waals surface area contributed by atoms with E-state index in [-0.39, 0.29) is 30.9 Å². The van der Waals surface area contributed by atoms with Crippen LogP contribution in [0.25, 0.3) is 0 Å². The average Bonchev–Trinajstić information content (AvgIpc) is 2.98. The van der Waals surface area contributed by atoms with Gasteiger partial charge in [0.1, 0.15) is 11.6 Å². The molecule has 2 aliphatic heterocycles. The largest absolute Gasteiger partial charge is 0.481 e. The monoisotopic (exact) mass is 353 g/mol. The smallest absolute Gasteiger partial charge is 0.311 e. The molecule has 2 saturated heterocycles. The maximum Gasteiger partial charge on any atom is 0.311 e. The van der Waals surface area contributed by atoms with Crippen molar-refractivity contribution in [1.29, 1.82) is 0 Å². The Kier molecular flexibility index (Phi) is 4.53. The Morgan fingerprint density at radius 2 is 1.88 bits per heavy atom. The number of likely N-dealkylation sites (tertiary alicyclic amines) is 1. The highest BCUT2D eigenvalue weighted by molar-refractivity contribution is 5.89. The molecule has 1 N–H and O–H groups in total. The van der Waals surface area contributed by atoms with Crippen molar-refractivity contribution < 1.29 is 28.2 Å². The molecule has 0 aliphatic carbocycles. The lowest BCUT2D eigenvalue weighted by molar-refractivity contribution is -0.148. The minimum Gasteiger partial charge on any atom is -0.481 e. The molecule has 2 heterocycles. The number of carboxylic acids is 1. The number of aliphatic carboxylic acids is 1. The number of rotatable bonds is 3. The van der Waals surface area contributed by atoms with Gasteiger partial charge >= 0.3 is 5.97 Å². The molecule has 0 unspecified atom stereocenters. The van der Waals surface area contributed by atoms with Gasteiger partial charge in [-0.1, -0.05) is 6.07 Å². The highest BCUT2D eigenvalue weighted by Crippen LogP contribution is 2.41. The molecule has 2 fully saturated rings. The molecule has 1 aromatic rings. The van der Waals surface area contributed by atoms with Crippen molar-refractivity contribution >= 4 is 11.9 Å². The van der Waals surface area contributed by atoms with Crippen molar-refractivity contribution in [3.8, 4) is 0 Å². The molecule has 2 aliphatic rings. The Labute approximate surface area is 144 Å². The zero-order chi connectivity index (χ0) is 18.2. The van der Waals surface area contributed by atoms with Crippen molar-refractivity contribution in [3.63, 3.8) is 0 Å². The summed E-state index contributed by atoms with van der Waals surface area (Å²) in [6.45, 7) is 2.61. The van der Waals surface area contributed by atoms with Crippen LogP contribution >= 0.6 is 0 Å². The number of hydrogen-bond acceptors (Lipinski definition) is 3. The molecular weight excluding hydrogens is 332 g/mol. The first-order valence-corrected chi connectivity index (χ1v) is 8.35. The molecule has 0 bridgehead atoms. The van der Waals surface area contributed by atoms with Gasteiger partial charge in [0.25, 0.3) is 0 Å². The van der Waals surface area contributed by atoms with E-state index in [0.29, 0.717) is 26.2 Å². The van der Waals surface area contributed by atoms with E-state index in [1.54, 1.807) is 6.92 Å². The zero-order valence-electron chi connectivity index (χ0n) is 14.1. The number of carbonyl (C=O) groups excluding carboxylic acids is 1. The summed E-state index contributed by atoms with van der Waals surface area (Å²) in [4.78, 5) is 26.2. The predicted molar refractivity (Wildman–Crippen MR) is 85.0 cm³/mol. The number of benzene rings is 1. The molecule has 5 nitrogen and oxygen atoms in total. The fourth-order valence-corrected chi connectivity index (χ4v) is 3.81. The number of amides is 1. The maximum atomic E-state index is 14.5. The Morgan fingerprint density at radius 3 is 2.44 bits per heavy atom. The first-order valence-electron chi connectivity index (χ1n) is 8.35. The third-order valence-corrected chi connectivity index (χ3v) is 5.48. The molecule has 0 radical (unpaired) electrons. The number of ether oxygens (including phenoxy) is 1. The van der Waals surface area contributed by atoms with Gasteiger partial charge in [-0.05, 0) is 32.3 Å². The Morgan fingerprint density at radius 1 is 1.20 bits per heavy atom. The minimum absolute atomic E-state index is 0.0899. The van der Waals surface area contributed by atoms with Crippen molar-refractivity contribution in [3.05, 3.63) is 35.4 Å². The quantitative estimate of drug-likeness (QED) is 0.906. The van der Waals surface area contributed by atoms with E-state index in [9.17, 15) is 23.5 Å². The van der Waals surface area contributed by atoms with Crippen molar-refractivity contribution in [2.75, 3.05) is 26.3 Å². The second kappa shape index (κ2) is 6.37. The van der Waals surface area contributed by atoms with Gasteiger partial charge in [0, 0.05) is 37.9 Å². The molecule has 1 atom stereocenters. The summed E-state index contributed by atoms with van der Waals surface area (Å²) < 4.78 is 33.1. The summed E-state index contributed by atoms with van der Waals surface area (Å²) in [5.74, 6) is -2.70. The second-order valence-electron chi connectivity index (χ2n) is 7.16. The number of hydrogen-bond donors (Lipinski definition) is 1. The van der Waals surface area contributed by atoms with E-state index >= 15 is 0 Å². The molecule has 25 heavy (non-hydrogen) atoms. The topological polar surface area (TPSA) is 66.8 Å². The molecule has 0 aromatic heterocycles. The average molecular weight is 353 g/mol. The van der Waals surface area contributed by atoms with E-state index in [0.717, 1.165) is 12.1 Å². The zero-order valence-corrected chi connectivity index (χ0v) is 14.1. The predicted octanol–water partition coefficient (Wildman–Crippen LogP) is 2.34. The van der Waals surface area contributed by atoms with Gasteiger partial charge in [0.05, 0.1) is 10.8 Å². The van der Waals surface area contributed by atoms with Crippen LogP contribution in [-0.2, 0) is 19.7 Å². The summed E-state index contributed by atoms with van der Waals surface area (Å²) in [5, 5.41) is 9.38. The van der Waals surface area contributed by atoms with Crippen LogP contribution in [0.4, 0.5) is 8.78 Å². The van der Waals surface area contributed by atoms with Gasteiger partial charge in [0.15, 0.2) is 0 Å². The molecule has 1 aromatic carbocycles. The normalized spacial score (nSPS) is 25.8. The van der Waals surface area contributed by atoms with Gasteiger partial charge in [-0.3, -0.25) is 9.59 Å². The van der Waals surface area contributed by atoms with Gasteiger partial charge in [-0.2, -0.15) is 0 Å². The first-order chi connectivity index (χ1) is 11.8. The van der Waals surface area contributed by atoms with Crippen molar-refractivity contribution in [2.45, 2.75) is 31.6 Å². The maximum absolute atomic E-state index is 14.5. The summed E-state index contributed by atoms with van der Waals surface area (Å²) in [5.41, 5.74) is -1.98. The lowest BCUT2D eigenvalue weighted by atomic mass is 9.72. The summed E-state index contributed by atoms with van der Waals surface area (Å²) in [6.07, 6.45) is 0.926.